The fraction of sp³-hybridized carbons (Fsp3) is 0.167. The molecular formula is C12H9Cl2N3O2. The van der Waals surface area contributed by atoms with E-state index in [1.165, 1.54) is 18.7 Å². The number of ketones is 1. The molecule has 2 rings (SSSR count). The molecule has 7 heteroatoms. The van der Waals surface area contributed by atoms with Crippen LogP contribution < -0.4 is 0 Å². The average molecular weight is 298 g/mol. The number of hydrogen-bond acceptors (Lipinski definition) is 4. The Morgan fingerprint density at radius 1 is 1.37 bits per heavy atom. The Kier molecular flexibility index (Phi) is 4.29. The van der Waals surface area contributed by atoms with Crippen molar-refractivity contribution in [1.82, 2.24) is 14.8 Å². The fourth-order valence-electron chi connectivity index (χ4n) is 1.62. The van der Waals surface area contributed by atoms with E-state index in [1.54, 1.807) is 10.7 Å². The molecule has 2 aromatic rings. The summed E-state index contributed by atoms with van der Waals surface area (Å²) in [5.74, 6) is -0.337. The molecule has 98 valence electrons. The molecule has 0 aliphatic carbocycles. The van der Waals surface area contributed by atoms with Crippen LogP contribution in [0, 0.1) is 0 Å². The van der Waals surface area contributed by atoms with E-state index in [-0.39, 0.29) is 22.8 Å². The predicted octanol–water partition coefficient (Wildman–Crippen LogP) is 2.40. The number of benzene rings is 1. The number of carbonyl (C=O) groups is 2. The molecule has 0 bridgehead atoms. The maximum atomic E-state index is 11.7. The van der Waals surface area contributed by atoms with Crippen molar-refractivity contribution in [2.75, 3.05) is 0 Å². The highest BCUT2D eigenvalue weighted by Crippen LogP contribution is 2.29. The zero-order chi connectivity index (χ0) is 13.8. The molecule has 0 atom stereocenters. The summed E-state index contributed by atoms with van der Waals surface area (Å²) in [6.45, 7) is 0.305. The fourth-order valence-corrected chi connectivity index (χ4v) is 2.22. The van der Waals surface area contributed by atoms with Gasteiger partial charge in [0.1, 0.15) is 18.9 Å². The normalized spacial score (nSPS) is 10.4. The Balaban J connectivity index is 2.39. The first kappa shape index (κ1) is 13.7. The van der Waals surface area contributed by atoms with Gasteiger partial charge in [0.2, 0.25) is 0 Å². The third kappa shape index (κ3) is 3.00. The van der Waals surface area contributed by atoms with Crippen LogP contribution in [0.25, 0.3) is 0 Å². The van der Waals surface area contributed by atoms with Crippen LogP contribution in [0.5, 0.6) is 0 Å². The predicted molar refractivity (Wildman–Crippen MR) is 70.6 cm³/mol. The molecule has 0 amide bonds. The molecule has 0 fully saturated rings. The van der Waals surface area contributed by atoms with Crippen LogP contribution >= 0.6 is 23.2 Å². The summed E-state index contributed by atoms with van der Waals surface area (Å²) in [6.07, 6.45) is 3.25. The van der Waals surface area contributed by atoms with Crippen molar-refractivity contribution in [3.05, 3.63) is 46.0 Å². The second-order valence-corrected chi connectivity index (χ2v) is 4.56. The Hall–Kier alpha value is -1.72. The molecule has 0 saturated carbocycles. The van der Waals surface area contributed by atoms with Gasteiger partial charge in [-0.1, -0.05) is 23.2 Å². The number of nitrogens with zero attached hydrogens (tertiary/aromatic N) is 3. The summed E-state index contributed by atoms with van der Waals surface area (Å²) < 4.78 is 1.54. The van der Waals surface area contributed by atoms with Crippen LogP contribution in [0.1, 0.15) is 22.3 Å². The monoisotopic (exact) mass is 297 g/mol. The minimum absolute atomic E-state index is 0.204. The number of aldehydes is 1. The van der Waals surface area contributed by atoms with Crippen LogP contribution in [-0.2, 0) is 11.3 Å². The van der Waals surface area contributed by atoms with Crippen molar-refractivity contribution < 1.29 is 9.59 Å². The summed E-state index contributed by atoms with van der Waals surface area (Å²) in [5.41, 5.74) is 0.860. The van der Waals surface area contributed by atoms with Gasteiger partial charge in [-0.05, 0) is 12.1 Å². The van der Waals surface area contributed by atoms with Gasteiger partial charge in [-0.2, -0.15) is 5.10 Å². The number of hydrogen-bond donors (Lipinski definition) is 0. The van der Waals surface area contributed by atoms with Gasteiger partial charge in [-0.15, -0.1) is 0 Å². The smallest absolute Gasteiger partial charge is 0.171 e. The molecule has 5 nitrogen and oxygen atoms in total. The van der Waals surface area contributed by atoms with Crippen molar-refractivity contribution >= 4 is 35.3 Å². The first-order valence-corrected chi connectivity index (χ1v) is 6.15. The summed E-state index contributed by atoms with van der Waals surface area (Å²) in [5, 5.41) is 4.63. The Bertz CT molecular complexity index is 612. The van der Waals surface area contributed by atoms with E-state index in [9.17, 15) is 9.59 Å². The van der Waals surface area contributed by atoms with Crippen molar-refractivity contribution in [2.45, 2.75) is 13.0 Å². The lowest BCUT2D eigenvalue weighted by Crippen LogP contribution is -2.06. The number of carbonyl (C=O) groups excluding carboxylic acids is 2. The van der Waals surface area contributed by atoms with Gasteiger partial charge in [0.15, 0.2) is 5.78 Å². The summed E-state index contributed by atoms with van der Waals surface area (Å²) in [7, 11) is 0. The molecule has 0 radical (unpaired) electrons. The van der Waals surface area contributed by atoms with Crippen molar-refractivity contribution in [3.8, 4) is 0 Å². The topological polar surface area (TPSA) is 64.8 Å². The quantitative estimate of drug-likeness (QED) is 0.483. The van der Waals surface area contributed by atoms with E-state index < -0.39 is 0 Å². The number of aromatic nitrogens is 3. The molecule has 0 spiro atoms. The van der Waals surface area contributed by atoms with Gasteiger partial charge in [0.05, 0.1) is 18.0 Å². The van der Waals surface area contributed by atoms with E-state index in [0.29, 0.717) is 23.4 Å². The van der Waals surface area contributed by atoms with Gasteiger partial charge in [0, 0.05) is 16.1 Å². The van der Waals surface area contributed by atoms with E-state index in [2.05, 4.69) is 10.1 Å². The van der Waals surface area contributed by atoms with Crippen LogP contribution in [-0.4, -0.2) is 26.8 Å². The Morgan fingerprint density at radius 2 is 2.16 bits per heavy atom. The largest absolute Gasteiger partial charge is 0.303 e. The zero-order valence-electron chi connectivity index (χ0n) is 9.72. The minimum Gasteiger partial charge on any atom is -0.303 e. The van der Waals surface area contributed by atoms with E-state index in [1.807, 2.05) is 0 Å². The highest BCUT2D eigenvalue weighted by atomic mass is 35.5. The lowest BCUT2D eigenvalue weighted by molar-refractivity contribution is -0.107. The molecular weight excluding hydrogens is 289 g/mol. The second kappa shape index (κ2) is 5.95. The van der Waals surface area contributed by atoms with Gasteiger partial charge >= 0.3 is 0 Å². The van der Waals surface area contributed by atoms with Crippen molar-refractivity contribution in [2.24, 2.45) is 0 Å². The lowest BCUT2D eigenvalue weighted by Gasteiger charge is -2.10. The van der Waals surface area contributed by atoms with Crippen LogP contribution in [0.15, 0.2) is 24.8 Å². The van der Waals surface area contributed by atoms with E-state index in [4.69, 9.17) is 23.2 Å². The molecule has 19 heavy (non-hydrogen) atoms. The van der Waals surface area contributed by atoms with Gasteiger partial charge in [-0.3, -0.25) is 4.79 Å². The summed E-state index contributed by atoms with van der Waals surface area (Å²) in [4.78, 5) is 26.0. The third-order valence-electron chi connectivity index (χ3n) is 2.54. The average Bonchev–Trinajstić information content (AvgIpc) is 2.87. The standard InChI is InChI=1S/C12H9Cl2N3O2/c13-10-2-1-8(11(19)3-4-18)12(14)9(10)5-17-7-15-6-16-17/h1-2,4,6-7H,3,5H2. The Morgan fingerprint density at radius 3 is 2.79 bits per heavy atom. The Labute approximate surface area is 119 Å². The van der Waals surface area contributed by atoms with Gasteiger partial charge in [-0.25, -0.2) is 9.67 Å². The highest BCUT2D eigenvalue weighted by Gasteiger charge is 2.16. The lowest BCUT2D eigenvalue weighted by atomic mass is 10.1. The first-order chi connectivity index (χ1) is 9.13. The molecule has 1 heterocycles. The molecule has 0 unspecified atom stereocenters. The third-order valence-corrected chi connectivity index (χ3v) is 3.33. The molecule has 0 aliphatic rings. The van der Waals surface area contributed by atoms with Crippen LogP contribution in [0.3, 0.4) is 0 Å². The molecule has 0 N–H and O–H groups in total. The molecule has 0 aliphatic heterocycles. The summed E-state index contributed by atoms with van der Waals surface area (Å²) in [6, 6.07) is 3.10. The highest BCUT2D eigenvalue weighted by molar-refractivity contribution is 6.38. The van der Waals surface area contributed by atoms with Gasteiger partial charge in [0.25, 0.3) is 0 Å². The second-order valence-electron chi connectivity index (χ2n) is 3.77. The zero-order valence-corrected chi connectivity index (χ0v) is 11.2. The maximum Gasteiger partial charge on any atom is 0.171 e. The maximum absolute atomic E-state index is 11.7. The molecule has 1 aromatic carbocycles. The number of rotatable bonds is 5. The molecule has 0 saturated heterocycles. The van der Waals surface area contributed by atoms with Crippen molar-refractivity contribution in [3.63, 3.8) is 0 Å². The van der Waals surface area contributed by atoms with Gasteiger partial charge < -0.3 is 4.79 Å². The minimum atomic E-state index is -0.337. The van der Waals surface area contributed by atoms with Crippen LogP contribution in [0.2, 0.25) is 10.0 Å². The van der Waals surface area contributed by atoms with E-state index >= 15 is 0 Å². The van der Waals surface area contributed by atoms with E-state index in [0.717, 1.165) is 0 Å². The van der Waals surface area contributed by atoms with Crippen LogP contribution in [0.4, 0.5) is 0 Å². The SMILES string of the molecule is O=CCC(=O)c1ccc(Cl)c(Cn2cncn2)c1Cl. The summed E-state index contributed by atoms with van der Waals surface area (Å²) >= 11 is 12.3. The number of halogens is 2. The first-order valence-electron chi connectivity index (χ1n) is 5.39. The van der Waals surface area contributed by atoms with Crippen molar-refractivity contribution in [1.29, 1.82) is 0 Å². The molecule has 1 aromatic heterocycles. The number of Topliss-reactive ketones (excluding diaryl/α,β-unsaturated/α-hetero) is 1.